The number of hydrogen-bond acceptors (Lipinski definition) is 4. The van der Waals surface area contributed by atoms with Crippen molar-refractivity contribution in [2.45, 2.75) is 18.9 Å². The van der Waals surface area contributed by atoms with Gasteiger partial charge in [0.2, 0.25) is 0 Å². The number of carbonyl (C=O) groups excluding carboxylic acids is 1. The van der Waals surface area contributed by atoms with E-state index < -0.39 is 0 Å². The first-order chi connectivity index (χ1) is 9.13. The number of pyridine rings is 1. The normalized spacial score (nSPS) is 14.2. The molecule has 2 N–H and O–H groups in total. The third-order valence-corrected chi connectivity index (χ3v) is 3.29. The molecular weight excluding hydrogens is 262 g/mol. The monoisotopic (exact) mass is 279 g/mol. The second kappa shape index (κ2) is 6.08. The molecule has 1 fully saturated rings. The number of methoxy groups -OCH3 is 1. The molecule has 1 heterocycles. The standard InChI is InChI=1S/C13H17N3O2S/c1-18-7-6-16(10-3-4-10)13(17)11-5-2-9(8-15-11)12(14)19/h2,5,8,10H,3-4,6-7H2,1H3,(H2,14,19). The van der Waals surface area contributed by atoms with Crippen molar-refractivity contribution in [2.75, 3.05) is 20.3 Å². The third kappa shape index (κ3) is 3.48. The number of ether oxygens (including phenoxy) is 1. The fourth-order valence-electron chi connectivity index (χ4n) is 1.84. The molecule has 0 saturated heterocycles. The quantitative estimate of drug-likeness (QED) is 0.786. The topological polar surface area (TPSA) is 68.5 Å². The molecular formula is C13H17N3O2S. The Bertz CT molecular complexity index is 471. The van der Waals surface area contributed by atoms with Gasteiger partial charge in [0.25, 0.3) is 5.91 Å². The van der Waals surface area contributed by atoms with Crippen LogP contribution in [0, 0.1) is 0 Å². The van der Waals surface area contributed by atoms with E-state index in [9.17, 15) is 4.79 Å². The minimum Gasteiger partial charge on any atom is -0.389 e. The van der Waals surface area contributed by atoms with Crippen LogP contribution in [0.5, 0.6) is 0 Å². The molecule has 6 heteroatoms. The summed E-state index contributed by atoms with van der Waals surface area (Å²) in [7, 11) is 1.63. The van der Waals surface area contributed by atoms with Crippen LogP contribution in [0.1, 0.15) is 28.9 Å². The first kappa shape index (κ1) is 13.9. The summed E-state index contributed by atoms with van der Waals surface area (Å²) in [6.07, 6.45) is 3.65. The minimum absolute atomic E-state index is 0.0611. The average Bonchev–Trinajstić information content (AvgIpc) is 3.23. The molecule has 0 aromatic carbocycles. The van der Waals surface area contributed by atoms with Crippen molar-refractivity contribution in [3.05, 3.63) is 29.6 Å². The van der Waals surface area contributed by atoms with E-state index in [2.05, 4.69) is 4.98 Å². The molecule has 1 saturated carbocycles. The van der Waals surface area contributed by atoms with Crippen LogP contribution in [-0.4, -0.2) is 47.1 Å². The molecule has 19 heavy (non-hydrogen) atoms. The zero-order valence-electron chi connectivity index (χ0n) is 10.8. The lowest BCUT2D eigenvalue weighted by Gasteiger charge is -2.21. The Hall–Kier alpha value is -1.53. The zero-order valence-corrected chi connectivity index (χ0v) is 11.7. The summed E-state index contributed by atoms with van der Waals surface area (Å²) in [5, 5.41) is 0. The molecule has 1 aromatic rings. The highest BCUT2D eigenvalue weighted by atomic mass is 32.1. The van der Waals surface area contributed by atoms with Crippen molar-refractivity contribution in [2.24, 2.45) is 5.73 Å². The van der Waals surface area contributed by atoms with Gasteiger partial charge in [0, 0.05) is 31.5 Å². The Balaban J connectivity index is 2.09. The number of thiocarbonyl (C=S) groups is 1. The van der Waals surface area contributed by atoms with Crippen LogP contribution in [0.25, 0.3) is 0 Å². The van der Waals surface area contributed by atoms with Gasteiger partial charge in [-0.05, 0) is 25.0 Å². The van der Waals surface area contributed by atoms with Gasteiger partial charge >= 0.3 is 0 Å². The van der Waals surface area contributed by atoms with Gasteiger partial charge in [0.1, 0.15) is 10.7 Å². The number of nitrogens with zero attached hydrogens (tertiary/aromatic N) is 2. The van der Waals surface area contributed by atoms with Gasteiger partial charge < -0.3 is 15.4 Å². The highest BCUT2D eigenvalue weighted by Gasteiger charge is 2.33. The van der Waals surface area contributed by atoms with Gasteiger partial charge in [-0.2, -0.15) is 0 Å². The molecule has 1 aliphatic rings. The lowest BCUT2D eigenvalue weighted by atomic mass is 10.2. The number of aromatic nitrogens is 1. The van der Waals surface area contributed by atoms with E-state index >= 15 is 0 Å². The predicted octanol–water partition coefficient (Wildman–Crippen LogP) is 0.967. The Labute approximate surface area is 117 Å². The van der Waals surface area contributed by atoms with Gasteiger partial charge in [-0.25, -0.2) is 0 Å². The van der Waals surface area contributed by atoms with Gasteiger partial charge in [-0.1, -0.05) is 12.2 Å². The number of hydrogen-bond donors (Lipinski definition) is 1. The first-order valence-electron chi connectivity index (χ1n) is 6.19. The summed E-state index contributed by atoms with van der Waals surface area (Å²) < 4.78 is 5.04. The molecule has 0 bridgehead atoms. The van der Waals surface area contributed by atoms with Crippen molar-refractivity contribution >= 4 is 23.1 Å². The van der Waals surface area contributed by atoms with E-state index in [0.29, 0.717) is 30.5 Å². The lowest BCUT2D eigenvalue weighted by molar-refractivity contribution is 0.0674. The Morgan fingerprint density at radius 3 is 2.79 bits per heavy atom. The molecule has 2 rings (SSSR count). The van der Waals surface area contributed by atoms with Gasteiger partial charge in [0.15, 0.2) is 0 Å². The molecule has 0 atom stereocenters. The molecule has 0 radical (unpaired) electrons. The summed E-state index contributed by atoms with van der Waals surface area (Å²) in [5.41, 5.74) is 6.59. The minimum atomic E-state index is -0.0611. The third-order valence-electron chi connectivity index (χ3n) is 3.05. The summed E-state index contributed by atoms with van der Waals surface area (Å²) in [6.45, 7) is 1.13. The molecule has 1 aliphatic carbocycles. The van der Waals surface area contributed by atoms with E-state index in [-0.39, 0.29) is 10.9 Å². The van der Waals surface area contributed by atoms with Crippen molar-refractivity contribution in [1.29, 1.82) is 0 Å². The SMILES string of the molecule is COCCN(C(=O)c1ccc(C(N)=S)cn1)C1CC1. The van der Waals surface area contributed by atoms with E-state index in [4.69, 9.17) is 22.7 Å². The van der Waals surface area contributed by atoms with Crippen molar-refractivity contribution in [3.8, 4) is 0 Å². The van der Waals surface area contributed by atoms with Crippen LogP contribution >= 0.6 is 12.2 Å². The van der Waals surface area contributed by atoms with Crippen LogP contribution in [0.3, 0.4) is 0 Å². The van der Waals surface area contributed by atoms with Crippen LogP contribution in [0.15, 0.2) is 18.3 Å². The van der Waals surface area contributed by atoms with Crippen molar-refractivity contribution < 1.29 is 9.53 Å². The van der Waals surface area contributed by atoms with E-state index in [0.717, 1.165) is 12.8 Å². The number of carbonyl (C=O) groups is 1. The second-order valence-electron chi connectivity index (χ2n) is 4.52. The van der Waals surface area contributed by atoms with Crippen molar-refractivity contribution in [1.82, 2.24) is 9.88 Å². The number of amides is 1. The maximum absolute atomic E-state index is 12.4. The molecule has 5 nitrogen and oxygen atoms in total. The molecule has 1 aromatic heterocycles. The summed E-state index contributed by atoms with van der Waals surface area (Å²) in [6, 6.07) is 3.72. The largest absolute Gasteiger partial charge is 0.389 e. The molecule has 0 aliphatic heterocycles. The van der Waals surface area contributed by atoms with Gasteiger partial charge in [-0.15, -0.1) is 0 Å². The molecule has 1 amide bonds. The second-order valence-corrected chi connectivity index (χ2v) is 4.96. The van der Waals surface area contributed by atoms with Crippen LogP contribution < -0.4 is 5.73 Å². The highest BCUT2D eigenvalue weighted by Crippen LogP contribution is 2.27. The smallest absolute Gasteiger partial charge is 0.272 e. The molecule has 102 valence electrons. The Morgan fingerprint density at radius 1 is 1.58 bits per heavy atom. The van der Waals surface area contributed by atoms with Gasteiger partial charge in [0.05, 0.1) is 6.61 Å². The fourth-order valence-corrected chi connectivity index (χ4v) is 1.96. The Kier molecular flexibility index (Phi) is 4.44. The summed E-state index contributed by atoms with van der Waals surface area (Å²) in [4.78, 5) is 18.6. The van der Waals surface area contributed by atoms with E-state index in [1.807, 2.05) is 4.90 Å². The van der Waals surface area contributed by atoms with Crippen LogP contribution in [-0.2, 0) is 4.74 Å². The van der Waals surface area contributed by atoms with E-state index in [1.54, 1.807) is 19.2 Å². The van der Waals surface area contributed by atoms with Crippen molar-refractivity contribution in [3.63, 3.8) is 0 Å². The number of rotatable bonds is 6. The average molecular weight is 279 g/mol. The maximum atomic E-state index is 12.4. The van der Waals surface area contributed by atoms with Gasteiger partial charge in [-0.3, -0.25) is 9.78 Å². The Morgan fingerprint density at radius 2 is 2.32 bits per heavy atom. The number of nitrogens with two attached hydrogens (primary N) is 1. The van der Waals surface area contributed by atoms with E-state index in [1.165, 1.54) is 6.20 Å². The van der Waals surface area contributed by atoms with Crippen LogP contribution in [0.4, 0.5) is 0 Å². The van der Waals surface area contributed by atoms with Crippen LogP contribution in [0.2, 0.25) is 0 Å². The molecule has 0 spiro atoms. The summed E-state index contributed by atoms with van der Waals surface area (Å²) in [5.74, 6) is -0.0611. The highest BCUT2D eigenvalue weighted by molar-refractivity contribution is 7.80. The lowest BCUT2D eigenvalue weighted by Crippen LogP contribution is -2.36. The predicted molar refractivity (Wildman–Crippen MR) is 76.1 cm³/mol. The molecule has 0 unspecified atom stereocenters. The summed E-state index contributed by atoms with van der Waals surface area (Å²) >= 11 is 4.86. The first-order valence-corrected chi connectivity index (χ1v) is 6.60. The zero-order chi connectivity index (χ0) is 13.8. The maximum Gasteiger partial charge on any atom is 0.272 e. The fraction of sp³-hybridized carbons (Fsp3) is 0.462.